The van der Waals surface area contributed by atoms with Crippen LogP contribution in [0.2, 0.25) is 0 Å². The molecule has 3 N–H and O–H groups in total. The molecule has 150 valence electrons. The van der Waals surface area contributed by atoms with Crippen LogP contribution in [0, 0.1) is 0 Å². The Labute approximate surface area is 166 Å². The molecule has 8 heteroatoms. The number of ether oxygens (including phenoxy) is 2. The van der Waals surface area contributed by atoms with Crippen molar-refractivity contribution in [3.05, 3.63) is 65.4 Å². The molecule has 0 bridgehead atoms. The molecule has 3 aromatic rings. The molecular weight excluding hydrogens is 376 g/mol. The number of nitrogens with two attached hydrogens (primary N) is 1. The summed E-state index contributed by atoms with van der Waals surface area (Å²) in [4.78, 5) is 36.0. The topological polar surface area (TPSA) is 121 Å². The van der Waals surface area contributed by atoms with E-state index >= 15 is 0 Å². The van der Waals surface area contributed by atoms with Crippen LogP contribution in [0.4, 0.5) is 5.69 Å². The molecule has 0 aliphatic carbocycles. The standard InChI is InChI=1S/C21H20N2O6/c1-12(20(25)23-14-9-7-13(8-10-14)19(22)24)28-21(26)18-16(11-27-2)15-5-3-4-6-17(15)29-18/h3-10,12H,11H2,1-2H3,(H2,22,24)(H,23,25)/t12-/m1/s1. The van der Waals surface area contributed by atoms with Gasteiger partial charge in [-0.3, -0.25) is 9.59 Å². The molecule has 1 heterocycles. The largest absolute Gasteiger partial charge is 0.449 e. The van der Waals surface area contributed by atoms with E-state index in [1.807, 2.05) is 12.1 Å². The Hall–Kier alpha value is -3.65. The number of esters is 1. The first-order chi connectivity index (χ1) is 13.9. The van der Waals surface area contributed by atoms with Crippen LogP contribution in [-0.4, -0.2) is 31.0 Å². The van der Waals surface area contributed by atoms with Crippen LogP contribution < -0.4 is 11.1 Å². The fourth-order valence-electron chi connectivity index (χ4n) is 2.78. The van der Waals surface area contributed by atoms with E-state index in [4.69, 9.17) is 19.6 Å². The maximum Gasteiger partial charge on any atom is 0.375 e. The van der Waals surface area contributed by atoms with Crippen LogP contribution >= 0.6 is 0 Å². The fraction of sp³-hybridized carbons (Fsp3) is 0.190. The summed E-state index contributed by atoms with van der Waals surface area (Å²) in [6, 6.07) is 13.2. The predicted molar refractivity (Wildman–Crippen MR) is 105 cm³/mol. The lowest BCUT2D eigenvalue weighted by molar-refractivity contribution is -0.123. The Morgan fingerprint density at radius 1 is 1.10 bits per heavy atom. The number of benzene rings is 2. The van der Waals surface area contributed by atoms with Crippen molar-refractivity contribution in [1.82, 2.24) is 0 Å². The van der Waals surface area contributed by atoms with Crippen molar-refractivity contribution >= 4 is 34.4 Å². The number of nitrogens with one attached hydrogen (secondary N) is 1. The van der Waals surface area contributed by atoms with Crippen LogP contribution in [0.5, 0.6) is 0 Å². The Kier molecular flexibility index (Phi) is 5.94. The number of carbonyl (C=O) groups excluding carboxylic acids is 3. The highest BCUT2D eigenvalue weighted by Crippen LogP contribution is 2.27. The molecule has 0 radical (unpaired) electrons. The first-order valence-electron chi connectivity index (χ1n) is 8.81. The van der Waals surface area contributed by atoms with Gasteiger partial charge in [0.2, 0.25) is 11.7 Å². The van der Waals surface area contributed by atoms with E-state index in [2.05, 4.69) is 5.32 Å². The molecule has 1 atom stereocenters. The summed E-state index contributed by atoms with van der Waals surface area (Å²) < 4.78 is 16.1. The zero-order chi connectivity index (χ0) is 21.0. The third kappa shape index (κ3) is 4.44. The number of fused-ring (bicyclic) bond motifs is 1. The molecule has 0 aliphatic heterocycles. The van der Waals surface area contributed by atoms with Gasteiger partial charge in [-0.05, 0) is 37.3 Å². The van der Waals surface area contributed by atoms with E-state index in [1.165, 1.54) is 38.3 Å². The van der Waals surface area contributed by atoms with Gasteiger partial charge in [0.1, 0.15) is 5.58 Å². The van der Waals surface area contributed by atoms with Gasteiger partial charge in [0.05, 0.1) is 6.61 Å². The SMILES string of the molecule is COCc1c(C(=O)O[C@H](C)C(=O)Nc2ccc(C(N)=O)cc2)oc2ccccc12. The third-order valence-electron chi connectivity index (χ3n) is 4.26. The average Bonchev–Trinajstić information content (AvgIpc) is 3.07. The Balaban J connectivity index is 1.71. The second-order valence-electron chi connectivity index (χ2n) is 6.32. The summed E-state index contributed by atoms with van der Waals surface area (Å²) in [5.74, 6) is -1.86. The quantitative estimate of drug-likeness (QED) is 0.593. The highest BCUT2D eigenvalue weighted by molar-refractivity contribution is 6.00. The van der Waals surface area contributed by atoms with Crippen LogP contribution in [0.15, 0.2) is 52.9 Å². The average molecular weight is 396 g/mol. The van der Waals surface area contributed by atoms with E-state index in [0.29, 0.717) is 22.4 Å². The van der Waals surface area contributed by atoms with Crippen molar-refractivity contribution in [2.24, 2.45) is 5.73 Å². The molecule has 8 nitrogen and oxygen atoms in total. The van der Waals surface area contributed by atoms with Gasteiger partial charge in [-0.2, -0.15) is 0 Å². The molecule has 0 saturated carbocycles. The zero-order valence-corrected chi connectivity index (χ0v) is 15.9. The van der Waals surface area contributed by atoms with Gasteiger partial charge >= 0.3 is 5.97 Å². The number of furan rings is 1. The highest BCUT2D eigenvalue weighted by atomic mass is 16.6. The van der Waals surface area contributed by atoms with Crippen LogP contribution in [0.25, 0.3) is 11.0 Å². The molecule has 0 saturated heterocycles. The highest BCUT2D eigenvalue weighted by Gasteiger charge is 2.25. The lowest BCUT2D eigenvalue weighted by Crippen LogP contribution is -2.30. The van der Waals surface area contributed by atoms with Gasteiger partial charge in [0.15, 0.2) is 6.10 Å². The van der Waals surface area contributed by atoms with Gasteiger partial charge < -0.3 is 24.9 Å². The number of primary amides is 1. The summed E-state index contributed by atoms with van der Waals surface area (Å²) in [7, 11) is 1.51. The molecule has 2 aromatic carbocycles. The van der Waals surface area contributed by atoms with E-state index in [1.54, 1.807) is 12.1 Å². The molecule has 0 spiro atoms. The maximum absolute atomic E-state index is 12.6. The van der Waals surface area contributed by atoms with E-state index < -0.39 is 23.9 Å². The lowest BCUT2D eigenvalue weighted by Gasteiger charge is -2.13. The molecule has 29 heavy (non-hydrogen) atoms. The minimum absolute atomic E-state index is 0.00138. The maximum atomic E-state index is 12.6. The number of anilines is 1. The summed E-state index contributed by atoms with van der Waals surface area (Å²) >= 11 is 0. The van der Waals surface area contributed by atoms with Gasteiger partial charge in [-0.1, -0.05) is 18.2 Å². The normalized spacial score (nSPS) is 11.8. The summed E-state index contributed by atoms with van der Waals surface area (Å²) in [5, 5.41) is 3.35. The number of hydrogen-bond donors (Lipinski definition) is 2. The van der Waals surface area contributed by atoms with Gasteiger partial charge in [0.25, 0.3) is 5.91 Å². The van der Waals surface area contributed by atoms with E-state index in [9.17, 15) is 14.4 Å². The summed E-state index contributed by atoms with van der Waals surface area (Å²) in [5.41, 5.74) is 7.02. The van der Waals surface area contributed by atoms with Gasteiger partial charge in [0, 0.05) is 29.3 Å². The monoisotopic (exact) mass is 396 g/mol. The lowest BCUT2D eigenvalue weighted by atomic mass is 10.1. The van der Waals surface area contributed by atoms with Crippen LogP contribution in [-0.2, 0) is 20.9 Å². The number of hydrogen-bond acceptors (Lipinski definition) is 6. The van der Waals surface area contributed by atoms with E-state index in [-0.39, 0.29) is 12.4 Å². The van der Waals surface area contributed by atoms with Gasteiger partial charge in [-0.25, -0.2) is 4.79 Å². The number of amides is 2. The molecule has 2 amide bonds. The van der Waals surface area contributed by atoms with Crippen molar-refractivity contribution in [2.75, 3.05) is 12.4 Å². The molecule has 0 fully saturated rings. The number of methoxy groups -OCH3 is 1. The predicted octanol–water partition coefficient (Wildman–Crippen LogP) is 2.86. The zero-order valence-electron chi connectivity index (χ0n) is 15.9. The van der Waals surface area contributed by atoms with Crippen molar-refractivity contribution in [2.45, 2.75) is 19.6 Å². The second-order valence-corrected chi connectivity index (χ2v) is 6.32. The van der Waals surface area contributed by atoms with Crippen molar-refractivity contribution < 1.29 is 28.3 Å². The Morgan fingerprint density at radius 2 is 1.79 bits per heavy atom. The second kappa shape index (κ2) is 8.57. The van der Waals surface area contributed by atoms with Gasteiger partial charge in [-0.15, -0.1) is 0 Å². The smallest absolute Gasteiger partial charge is 0.375 e. The van der Waals surface area contributed by atoms with Crippen molar-refractivity contribution in [3.63, 3.8) is 0 Å². The van der Waals surface area contributed by atoms with Crippen LogP contribution in [0.3, 0.4) is 0 Å². The number of rotatable bonds is 7. The summed E-state index contributed by atoms with van der Waals surface area (Å²) in [6.45, 7) is 1.61. The first kappa shape index (κ1) is 20.1. The first-order valence-corrected chi connectivity index (χ1v) is 8.81. The fourth-order valence-corrected chi connectivity index (χ4v) is 2.78. The molecule has 1 aromatic heterocycles. The minimum Gasteiger partial charge on any atom is -0.449 e. The van der Waals surface area contributed by atoms with Crippen LogP contribution in [0.1, 0.15) is 33.4 Å². The Morgan fingerprint density at radius 3 is 2.45 bits per heavy atom. The number of carbonyl (C=O) groups is 3. The minimum atomic E-state index is -1.08. The number of para-hydroxylation sites is 1. The molecule has 0 unspecified atom stereocenters. The van der Waals surface area contributed by atoms with Crippen molar-refractivity contribution in [1.29, 1.82) is 0 Å². The van der Waals surface area contributed by atoms with Crippen molar-refractivity contribution in [3.8, 4) is 0 Å². The molecular formula is C21H20N2O6. The summed E-state index contributed by atoms with van der Waals surface area (Å²) in [6.07, 6.45) is -1.08. The van der Waals surface area contributed by atoms with E-state index in [0.717, 1.165) is 5.39 Å². The Bertz CT molecular complexity index is 1050. The molecule has 3 rings (SSSR count). The third-order valence-corrected chi connectivity index (χ3v) is 4.26. The molecule has 0 aliphatic rings.